The Bertz CT molecular complexity index is 1350. The largest absolute Gasteiger partial charge is 0.489 e. The van der Waals surface area contributed by atoms with Crippen LogP contribution in [0.25, 0.3) is 0 Å². The number of aromatic carboxylic acids is 1. The predicted molar refractivity (Wildman–Crippen MR) is 127 cm³/mol. The van der Waals surface area contributed by atoms with Crippen LogP contribution >= 0.6 is 0 Å². The molecule has 1 aromatic carbocycles. The Labute approximate surface area is 219 Å². The Hall–Kier alpha value is -4.10. The van der Waals surface area contributed by atoms with Crippen LogP contribution in [0.2, 0.25) is 0 Å². The minimum Gasteiger partial charge on any atom is -0.489 e. The van der Waals surface area contributed by atoms with Crippen molar-refractivity contribution in [2.45, 2.75) is 63.3 Å². The number of ether oxygens (including phenoxy) is 1. The number of imidazole rings is 1. The predicted octanol–water partition coefficient (Wildman–Crippen LogP) is 5.09. The molecule has 0 saturated heterocycles. The lowest BCUT2D eigenvalue weighted by atomic mass is 9.80. The van der Waals surface area contributed by atoms with Crippen LogP contribution in [0.4, 0.5) is 22.0 Å². The van der Waals surface area contributed by atoms with Crippen molar-refractivity contribution < 1.29 is 36.6 Å². The number of aromatic amines is 1. The molecule has 1 aliphatic rings. The van der Waals surface area contributed by atoms with Crippen molar-refractivity contribution in [1.29, 1.82) is 0 Å². The van der Waals surface area contributed by atoms with Crippen molar-refractivity contribution in [3.8, 4) is 0 Å². The van der Waals surface area contributed by atoms with Crippen LogP contribution in [0.3, 0.4) is 0 Å². The van der Waals surface area contributed by atoms with E-state index in [2.05, 4.69) is 25.6 Å². The highest BCUT2D eigenvalue weighted by Crippen LogP contribution is 2.47. The molecule has 3 aromatic rings. The molecule has 0 radical (unpaired) electrons. The summed E-state index contributed by atoms with van der Waals surface area (Å²) in [6.45, 7) is 1.49. The smallest absolute Gasteiger partial charge is 0.459 e. The van der Waals surface area contributed by atoms with Gasteiger partial charge in [-0.15, -0.1) is 10.2 Å². The number of hydrogen-bond acceptors (Lipinski definition) is 6. The molecule has 0 saturated carbocycles. The summed E-state index contributed by atoms with van der Waals surface area (Å²) in [6, 6.07) is 9.31. The summed E-state index contributed by atoms with van der Waals surface area (Å²) in [6.07, 6.45) is -0.353. The molecule has 1 aliphatic carbocycles. The monoisotopic (exact) mass is 552 g/mol. The standard InChI is InChI=1S/C25H25F5N6O3/c1-2-3-9-18-31-19(21(37)38)20(24(26,27)25(28,29)30)36(18)15-23(22-32-34-35-33-22)12-10-17(11-13-23)39-14-16-7-5-4-6-8-16/h4-8,10-12H,2-3,9,13-15H2,1H3,(H,37,38)(H,32,33,34,35). The maximum Gasteiger partial charge on any atom is 0.459 e. The van der Waals surface area contributed by atoms with Crippen molar-refractivity contribution in [2.24, 2.45) is 0 Å². The van der Waals surface area contributed by atoms with E-state index in [1.165, 1.54) is 6.08 Å². The highest BCUT2D eigenvalue weighted by atomic mass is 19.4. The van der Waals surface area contributed by atoms with Gasteiger partial charge in [0.15, 0.2) is 11.5 Å². The molecule has 39 heavy (non-hydrogen) atoms. The van der Waals surface area contributed by atoms with Crippen molar-refractivity contribution in [1.82, 2.24) is 30.2 Å². The first-order chi connectivity index (χ1) is 18.5. The van der Waals surface area contributed by atoms with E-state index < -0.39 is 41.4 Å². The Morgan fingerprint density at radius 1 is 1.21 bits per heavy atom. The fraction of sp³-hybridized carbons (Fsp3) is 0.400. The fourth-order valence-electron chi connectivity index (χ4n) is 4.31. The van der Waals surface area contributed by atoms with Crippen LogP contribution in [-0.4, -0.2) is 47.4 Å². The molecule has 0 amide bonds. The lowest BCUT2D eigenvalue weighted by Crippen LogP contribution is -2.40. The molecule has 0 aliphatic heterocycles. The summed E-state index contributed by atoms with van der Waals surface area (Å²) < 4.78 is 76.9. The van der Waals surface area contributed by atoms with E-state index in [1.807, 2.05) is 30.3 Å². The minimum atomic E-state index is -6.06. The molecule has 9 nitrogen and oxygen atoms in total. The normalized spacial score (nSPS) is 17.7. The van der Waals surface area contributed by atoms with Crippen LogP contribution in [0.15, 0.2) is 54.3 Å². The summed E-state index contributed by atoms with van der Waals surface area (Å²) in [5.41, 5.74) is -3.55. The number of aryl methyl sites for hydroxylation is 1. The number of benzene rings is 1. The third-order valence-electron chi connectivity index (χ3n) is 6.37. The highest BCUT2D eigenvalue weighted by molar-refractivity contribution is 5.87. The van der Waals surface area contributed by atoms with Gasteiger partial charge in [0.1, 0.15) is 23.9 Å². The summed E-state index contributed by atoms with van der Waals surface area (Å²) in [5, 5.41) is 23.3. The third-order valence-corrected chi connectivity index (χ3v) is 6.37. The van der Waals surface area contributed by atoms with Crippen LogP contribution in [0, 0.1) is 0 Å². The van der Waals surface area contributed by atoms with Gasteiger partial charge >= 0.3 is 18.1 Å². The maximum absolute atomic E-state index is 14.9. The first-order valence-corrected chi connectivity index (χ1v) is 12.1. The average Bonchev–Trinajstić information content (AvgIpc) is 3.56. The summed E-state index contributed by atoms with van der Waals surface area (Å²) in [4.78, 5) is 15.5. The zero-order valence-electron chi connectivity index (χ0n) is 20.8. The van der Waals surface area contributed by atoms with E-state index in [1.54, 1.807) is 19.1 Å². The van der Waals surface area contributed by atoms with Gasteiger partial charge in [0.2, 0.25) is 0 Å². The highest BCUT2D eigenvalue weighted by Gasteiger charge is 2.63. The molecule has 4 rings (SSSR count). The summed E-state index contributed by atoms with van der Waals surface area (Å²) >= 11 is 0. The summed E-state index contributed by atoms with van der Waals surface area (Å²) in [5.74, 6) is -7.23. The van der Waals surface area contributed by atoms with Crippen LogP contribution in [-0.2, 0) is 35.6 Å². The molecule has 2 aromatic heterocycles. The van der Waals surface area contributed by atoms with E-state index in [4.69, 9.17) is 4.74 Å². The molecular formula is C25H25F5N6O3. The average molecular weight is 553 g/mol. The number of carboxylic acids is 1. The van der Waals surface area contributed by atoms with Gasteiger partial charge in [-0.25, -0.2) is 9.78 Å². The number of H-pyrrole nitrogens is 1. The molecule has 2 heterocycles. The van der Waals surface area contributed by atoms with E-state index in [-0.39, 0.29) is 31.1 Å². The molecule has 1 unspecified atom stereocenters. The number of nitrogens with one attached hydrogen (secondary N) is 1. The number of nitrogens with zero attached hydrogens (tertiary/aromatic N) is 5. The van der Waals surface area contributed by atoms with Crippen molar-refractivity contribution in [3.05, 3.63) is 82.9 Å². The van der Waals surface area contributed by atoms with E-state index in [0.717, 1.165) is 5.56 Å². The number of carboxylic acid groups (broad SMARTS) is 1. The van der Waals surface area contributed by atoms with Crippen LogP contribution in [0.5, 0.6) is 0 Å². The lowest BCUT2D eigenvalue weighted by Gasteiger charge is -2.32. The second kappa shape index (κ2) is 10.9. The molecule has 208 valence electrons. The van der Waals surface area contributed by atoms with E-state index >= 15 is 0 Å². The molecule has 0 spiro atoms. The molecule has 14 heteroatoms. The number of carbonyl (C=O) groups is 1. The summed E-state index contributed by atoms with van der Waals surface area (Å²) in [7, 11) is 0. The zero-order valence-corrected chi connectivity index (χ0v) is 20.8. The maximum atomic E-state index is 14.9. The fourth-order valence-corrected chi connectivity index (χ4v) is 4.31. The van der Waals surface area contributed by atoms with Gasteiger partial charge in [-0.3, -0.25) is 0 Å². The van der Waals surface area contributed by atoms with Gasteiger partial charge in [0, 0.05) is 13.0 Å². The Balaban J connectivity index is 1.76. The SMILES string of the molecule is CCCCc1nc(C(=O)O)c(C(F)(F)C(F)(F)F)n1CC1(c2nn[nH]n2)C=CC(OCc2ccccc2)=CC1. The number of tetrazole rings is 1. The third kappa shape index (κ3) is 5.68. The van der Waals surface area contributed by atoms with Crippen molar-refractivity contribution in [3.63, 3.8) is 0 Å². The first kappa shape index (κ1) is 27.9. The van der Waals surface area contributed by atoms with Gasteiger partial charge in [-0.2, -0.15) is 27.2 Å². The number of aromatic nitrogens is 6. The number of alkyl halides is 5. The van der Waals surface area contributed by atoms with E-state index in [0.29, 0.717) is 23.2 Å². The first-order valence-electron chi connectivity index (χ1n) is 12.1. The quantitative estimate of drug-likeness (QED) is 0.318. The number of rotatable bonds is 11. The second-order valence-corrected chi connectivity index (χ2v) is 9.10. The Morgan fingerprint density at radius 3 is 2.51 bits per heavy atom. The van der Waals surface area contributed by atoms with Crippen molar-refractivity contribution >= 4 is 5.97 Å². The van der Waals surface area contributed by atoms with Crippen molar-refractivity contribution in [2.75, 3.05) is 0 Å². The number of halogens is 5. The van der Waals surface area contributed by atoms with Gasteiger partial charge < -0.3 is 14.4 Å². The molecule has 2 N–H and O–H groups in total. The van der Waals surface area contributed by atoms with Gasteiger partial charge in [0.25, 0.3) is 0 Å². The number of unbranched alkanes of at least 4 members (excludes halogenated alkanes) is 1. The molecule has 0 bridgehead atoms. The van der Waals surface area contributed by atoms with E-state index in [9.17, 15) is 31.9 Å². The zero-order chi connectivity index (χ0) is 28.3. The minimum absolute atomic E-state index is 0.0158. The van der Waals surface area contributed by atoms with Gasteiger partial charge in [0.05, 0.1) is 5.41 Å². The van der Waals surface area contributed by atoms with Crippen LogP contribution < -0.4 is 0 Å². The van der Waals surface area contributed by atoms with Gasteiger partial charge in [-0.05, 0) is 30.6 Å². The topological polar surface area (TPSA) is 119 Å². The van der Waals surface area contributed by atoms with Crippen LogP contribution in [0.1, 0.15) is 59.6 Å². The van der Waals surface area contributed by atoms with Gasteiger partial charge in [-0.1, -0.05) is 55.0 Å². The number of hydrogen-bond donors (Lipinski definition) is 2. The second-order valence-electron chi connectivity index (χ2n) is 9.10. The molecular weight excluding hydrogens is 527 g/mol. The Morgan fingerprint density at radius 2 is 1.95 bits per heavy atom. The number of allylic oxidation sites excluding steroid dienone is 3. The Kier molecular flexibility index (Phi) is 7.84. The molecule has 0 fully saturated rings. The lowest BCUT2D eigenvalue weighted by molar-refractivity contribution is -0.292. The molecule has 1 atom stereocenters.